The predicted molar refractivity (Wildman–Crippen MR) is 80.8 cm³/mol. The Kier molecular flexibility index (Phi) is 6.59. The molecular weight excluding hydrogens is 232 g/mol. The van der Waals surface area contributed by atoms with Crippen LogP contribution in [-0.2, 0) is 0 Å². The van der Waals surface area contributed by atoms with Crippen LogP contribution in [0, 0.1) is 29.1 Å². The lowest BCUT2D eigenvalue weighted by Crippen LogP contribution is -2.32. The molecule has 19 heavy (non-hydrogen) atoms. The van der Waals surface area contributed by atoms with E-state index in [1.165, 1.54) is 0 Å². The highest BCUT2D eigenvalue weighted by Gasteiger charge is 2.18. The van der Waals surface area contributed by atoms with E-state index in [0.717, 1.165) is 18.7 Å². The van der Waals surface area contributed by atoms with Gasteiger partial charge in [-0.15, -0.1) is 0 Å². The minimum atomic E-state index is -0.0545. The molecule has 2 nitrogen and oxygen atoms in total. The SMILES string of the molecule is CC(C)C(CNCC(C#N)c1ccccc1)C(C)C. The highest BCUT2D eigenvalue weighted by molar-refractivity contribution is 5.24. The second-order valence-electron chi connectivity index (χ2n) is 5.90. The molecule has 0 aliphatic carbocycles. The van der Waals surface area contributed by atoms with Gasteiger partial charge in [0.05, 0.1) is 12.0 Å². The van der Waals surface area contributed by atoms with Crippen molar-refractivity contribution in [1.29, 1.82) is 5.26 Å². The van der Waals surface area contributed by atoms with Gasteiger partial charge in [-0.2, -0.15) is 5.26 Å². The van der Waals surface area contributed by atoms with Crippen molar-refractivity contribution in [2.75, 3.05) is 13.1 Å². The van der Waals surface area contributed by atoms with E-state index in [1.54, 1.807) is 0 Å². The third-order valence-corrected chi connectivity index (χ3v) is 3.80. The Hall–Kier alpha value is -1.33. The van der Waals surface area contributed by atoms with Crippen molar-refractivity contribution in [3.63, 3.8) is 0 Å². The fraction of sp³-hybridized carbons (Fsp3) is 0.588. The lowest BCUT2D eigenvalue weighted by molar-refractivity contribution is 0.276. The second-order valence-corrected chi connectivity index (χ2v) is 5.90. The maximum atomic E-state index is 9.27. The van der Waals surface area contributed by atoms with E-state index in [4.69, 9.17) is 0 Å². The molecule has 0 heterocycles. The first-order valence-electron chi connectivity index (χ1n) is 7.21. The van der Waals surface area contributed by atoms with Gasteiger partial charge < -0.3 is 5.32 Å². The summed E-state index contributed by atoms with van der Waals surface area (Å²) in [5.41, 5.74) is 1.10. The number of hydrogen-bond acceptors (Lipinski definition) is 2. The number of nitrogens with zero attached hydrogens (tertiary/aromatic N) is 1. The van der Waals surface area contributed by atoms with Gasteiger partial charge in [0.2, 0.25) is 0 Å². The Labute approximate surface area is 117 Å². The lowest BCUT2D eigenvalue weighted by Gasteiger charge is -2.25. The maximum absolute atomic E-state index is 9.27. The first-order chi connectivity index (χ1) is 9.06. The molecule has 0 fully saturated rings. The summed E-state index contributed by atoms with van der Waals surface area (Å²) < 4.78 is 0. The van der Waals surface area contributed by atoms with E-state index < -0.39 is 0 Å². The Morgan fingerprint density at radius 3 is 2.05 bits per heavy atom. The third-order valence-electron chi connectivity index (χ3n) is 3.80. The average molecular weight is 258 g/mol. The van der Waals surface area contributed by atoms with Crippen molar-refractivity contribution in [3.05, 3.63) is 35.9 Å². The van der Waals surface area contributed by atoms with Gasteiger partial charge in [0, 0.05) is 6.54 Å². The average Bonchev–Trinajstić information content (AvgIpc) is 2.39. The topological polar surface area (TPSA) is 35.8 Å². The van der Waals surface area contributed by atoms with Gasteiger partial charge in [-0.1, -0.05) is 58.0 Å². The monoisotopic (exact) mass is 258 g/mol. The molecule has 0 spiro atoms. The molecular formula is C17H26N2. The van der Waals surface area contributed by atoms with Crippen molar-refractivity contribution in [1.82, 2.24) is 5.32 Å². The Balaban J connectivity index is 2.49. The van der Waals surface area contributed by atoms with E-state index in [2.05, 4.69) is 39.1 Å². The zero-order chi connectivity index (χ0) is 14.3. The van der Waals surface area contributed by atoms with Crippen LogP contribution in [0.25, 0.3) is 0 Å². The number of benzene rings is 1. The van der Waals surface area contributed by atoms with Crippen LogP contribution in [0.1, 0.15) is 39.2 Å². The van der Waals surface area contributed by atoms with Crippen molar-refractivity contribution in [2.45, 2.75) is 33.6 Å². The highest BCUT2D eigenvalue weighted by atomic mass is 14.9. The molecule has 0 aliphatic heterocycles. The Morgan fingerprint density at radius 2 is 1.58 bits per heavy atom. The van der Waals surface area contributed by atoms with E-state index >= 15 is 0 Å². The first-order valence-corrected chi connectivity index (χ1v) is 7.21. The van der Waals surface area contributed by atoms with Gasteiger partial charge in [-0.3, -0.25) is 0 Å². The molecule has 1 atom stereocenters. The summed E-state index contributed by atoms with van der Waals surface area (Å²) in [4.78, 5) is 0. The molecule has 0 bridgehead atoms. The van der Waals surface area contributed by atoms with E-state index in [0.29, 0.717) is 17.8 Å². The fourth-order valence-corrected chi connectivity index (χ4v) is 2.56. The van der Waals surface area contributed by atoms with Crippen LogP contribution in [0.3, 0.4) is 0 Å². The van der Waals surface area contributed by atoms with Crippen molar-refractivity contribution < 1.29 is 0 Å². The number of hydrogen-bond donors (Lipinski definition) is 1. The van der Waals surface area contributed by atoms with Gasteiger partial charge in [-0.05, 0) is 29.9 Å². The molecule has 0 amide bonds. The van der Waals surface area contributed by atoms with Gasteiger partial charge in [0.15, 0.2) is 0 Å². The van der Waals surface area contributed by atoms with E-state index in [-0.39, 0.29) is 5.92 Å². The summed E-state index contributed by atoms with van der Waals surface area (Å²) in [6.45, 7) is 10.8. The minimum Gasteiger partial charge on any atom is -0.315 e. The largest absolute Gasteiger partial charge is 0.315 e. The minimum absolute atomic E-state index is 0.0545. The molecule has 2 heteroatoms. The molecule has 1 unspecified atom stereocenters. The quantitative estimate of drug-likeness (QED) is 0.807. The molecule has 1 N–H and O–H groups in total. The summed E-state index contributed by atoms with van der Waals surface area (Å²) in [5, 5.41) is 12.7. The summed E-state index contributed by atoms with van der Waals surface area (Å²) in [6, 6.07) is 12.4. The molecule has 0 aromatic heterocycles. The number of nitrogens with one attached hydrogen (secondary N) is 1. The molecule has 0 saturated carbocycles. The molecule has 1 rings (SSSR count). The Morgan fingerprint density at radius 1 is 1.00 bits per heavy atom. The standard InChI is InChI=1S/C17H26N2/c1-13(2)17(14(3)4)12-19-11-16(10-18)15-8-6-5-7-9-15/h5-9,13-14,16-17,19H,11-12H2,1-4H3. The van der Waals surface area contributed by atoms with Crippen LogP contribution in [0.15, 0.2) is 30.3 Å². The first kappa shape index (κ1) is 15.7. The summed E-state index contributed by atoms with van der Waals surface area (Å²) in [5.74, 6) is 1.95. The molecule has 1 aromatic carbocycles. The summed E-state index contributed by atoms with van der Waals surface area (Å²) in [7, 11) is 0. The van der Waals surface area contributed by atoms with Gasteiger partial charge in [0.1, 0.15) is 0 Å². The molecule has 0 saturated heterocycles. The molecule has 1 aromatic rings. The fourth-order valence-electron chi connectivity index (χ4n) is 2.56. The van der Waals surface area contributed by atoms with Crippen LogP contribution in [0.5, 0.6) is 0 Å². The predicted octanol–water partition coefficient (Wildman–Crippen LogP) is 3.81. The van der Waals surface area contributed by atoms with Gasteiger partial charge >= 0.3 is 0 Å². The molecule has 0 aliphatic rings. The summed E-state index contributed by atoms with van der Waals surface area (Å²) in [6.07, 6.45) is 0. The van der Waals surface area contributed by atoms with Crippen LogP contribution >= 0.6 is 0 Å². The third kappa shape index (κ3) is 5.04. The Bertz CT molecular complexity index is 381. The van der Waals surface area contributed by atoms with Crippen LogP contribution in [-0.4, -0.2) is 13.1 Å². The number of nitriles is 1. The summed E-state index contributed by atoms with van der Waals surface area (Å²) >= 11 is 0. The highest BCUT2D eigenvalue weighted by Crippen LogP contribution is 2.20. The molecule has 104 valence electrons. The van der Waals surface area contributed by atoms with Gasteiger partial charge in [-0.25, -0.2) is 0 Å². The maximum Gasteiger partial charge on any atom is 0.0837 e. The normalized spacial score (nSPS) is 12.9. The zero-order valence-corrected chi connectivity index (χ0v) is 12.6. The van der Waals surface area contributed by atoms with E-state index in [9.17, 15) is 5.26 Å². The molecule has 0 radical (unpaired) electrons. The lowest BCUT2D eigenvalue weighted by atomic mass is 9.85. The smallest absolute Gasteiger partial charge is 0.0837 e. The van der Waals surface area contributed by atoms with Crippen molar-refractivity contribution >= 4 is 0 Å². The van der Waals surface area contributed by atoms with E-state index in [1.807, 2.05) is 30.3 Å². The van der Waals surface area contributed by atoms with Crippen molar-refractivity contribution in [2.24, 2.45) is 17.8 Å². The van der Waals surface area contributed by atoms with Crippen LogP contribution < -0.4 is 5.32 Å². The zero-order valence-electron chi connectivity index (χ0n) is 12.6. The van der Waals surface area contributed by atoms with Crippen LogP contribution in [0.4, 0.5) is 0 Å². The van der Waals surface area contributed by atoms with Gasteiger partial charge in [0.25, 0.3) is 0 Å². The van der Waals surface area contributed by atoms with Crippen molar-refractivity contribution in [3.8, 4) is 6.07 Å². The van der Waals surface area contributed by atoms with Crippen LogP contribution in [0.2, 0.25) is 0 Å². The number of rotatable bonds is 7. The second kappa shape index (κ2) is 7.96.